The van der Waals surface area contributed by atoms with Gasteiger partial charge in [-0.05, 0) is 85.1 Å². The zero-order valence-corrected chi connectivity index (χ0v) is 26.8. The molecule has 242 valence electrons. The van der Waals surface area contributed by atoms with Crippen LogP contribution < -0.4 is 33.9 Å². The molecule has 1 heterocycles. The quantitative estimate of drug-likeness (QED) is 0.121. The number of methoxy groups -OCH3 is 1. The minimum absolute atomic E-state index is 0.135. The summed E-state index contributed by atoms with van der Waals surface area (Å²) in [5.74, 6) is 0.693. The molecule has 1 aliphatic heterocycles. The predicted molar refractivity (Wildman–Crippen MR) is 177 cm³/mol. The number of nitrogens with one attached hydrogen (secondary N) is 1. The van der Waals surface area contributed by atoms with Crippen molar-refractivity contribution in [2.75, 3.05) is 25.2 Å². The van der Waals surface area contributed by atoms with E-state index in [1.807, 2.05) is 55.5 Å². The fourth-order valence-electron chi connectivity index (χ4n) is 4.80. The third-order valence-corrected chi connectivity index (χ3v) is 7.28. The molecule has 0 aliphatic carbocycles. The summed E-state index contributed by atoms with van der Waals surface area (Å²) in [6.07, 6.45) is 1.35. The number of urea groups is 1. The van der Waals surface area contributed by atoms with Crippen molar-refractivity contribution >= 4 is 41.2 Å². The van der Waals surface area contributed by atoms with Gasteiger partial charge in [0.15, 0.2) is 23.0 Å². The first kappa shape index (κ1) is 32.9. The van der Waals surface area contributed by atoms with Crippen molar-refractivity contribution in [3.8, 4) is 28.7 Å². The average Bonchev–Trinajstić information content (AvgIpc) is 3.07. The molecule has 10 nitrogen and oxygen atoms in total. The largest absolute Gasteiger partial charge is 0.494 e. The number of nitrogens with zero attached hydrogens (tertiary/aromatic N) is 1. The second-order valence-electron chi connectivity index (χ2n) is 10.2. The molecule has 0 unspecified atom stereocenters. The van der Waals surface area contributed by atoms with Gasteiger partial charge in [-0.1, -0.05) is 48.0 Å². The zero-order valence-electron chi connectivity index (χ0n) is 26.1. The molecule has 1 fully saturated rings. The number of hydrogen-bond donors (Lipinski definition) is 1. The monoisotopic (exact) mass is 656 g/mol. The Morgan fingerprint density at radius 3 is 2.17 bits per heavy atom. The number of carbonyl (C=O) groups excluding carboxylic acids is 3. The minimum Gasteiger partial charge on any atom is -0.494 e. The number of imide groups is 2. The van der Waals surface area contributed by atoms with Gasteiger partial charge in [-0.25, -0.2) is 9.69 Å². The Kier molecular flexibility index (Phi) is 10.6. The molecule has 0 radical (unpaired) electrons. The summed E-state index contributed by atoms with van der Waals surface area (Å²) in [5, 5.41) is 2.42. The maximum Gasteiger partial charge on any atom is 0.335 e. The normalized spacial score (nSPS) is 13.7. The smallest absolute Gasteiger partial charge is 0.335 e. The Morgan fingerprint density at radius 1 is 0.745 bits per heavy atom. The number of ether oxygens (including phenoxy) is 5. The molecule has 4 amide bonds. The fraction of sp³-hybridized carbons (Fsp3) is 0.194. The maximum atomic E-state index is 13.4. The second-order valence-corrected chi connectivity index (χ2v) is 10.6. The zero-order chi connectivity index (χ0) is 33.3. The molecule has 4 aromatic rings. The van der Waals surface area contributed by atoms with E-state index < -0.39 is 17.8 Å². The summed E-state index contributed by atoms with van der Waals surface area (Å²) in [6.45, 7) is 4.95. The molecule has 47 heavy (non-hydrogen) atoms. The second kappa shape index (κ2) is 15.2. The van der Waals surface area contributed by atoms with Crippen molar-refractivity contribution in [1.29, 1.82) is 0 Å². The summed E-state index contributed by atoms with van der Waals surface area (Å²) >= 11 is 6.66. The summed E-state index contributed by atoms with van der Waals surface area (Å²) in [7, 11) is 1.57. The topological polar surface area (TPSA) is 113 Å². The molecular formula is C36H33ClN2O8. The molecule has 0 atom stereocenters. The number of halogens is 1. The number of rotatable bonds is 13. The van der Waals surface area contributed by atoms with Gasteiger partial charge in [0.05, 0.1) is 31.0 Å². The van der Waals surface area contributed by atoms with Crippen molar-refractivity contribution in [3.63, 3.8) is 0 Å². The van der Waals surface area contributed by atoms with Crippen LogP contribution in [0.2, 0.25) is 5.02 Å². The Hall–Kier alpha value is -5.48. The number of hydrogen-bond acceptors (Lipinski definition) is 8. The van der Waals surface area contributed by atoms with Gasteiger partial charge >= 0.3 is 6.03 Å². The van der Waals surface area contributed by atoms with E-state index in [0.717, 1.165) is 16.0 Å². The van der Waals surface area contributed by atoms with Gasteiger partial charge in [-0.3, -0.25) is 14.9 Å². The summed E-state index contributed by atoms with van der Waals surface area (Å²) in [5.41, 5.74) is 2.24. The number of benzene rings is 4. The van der Waals surface area contributed by atoms with Gasteiger partial charge in [0, 0.05) is 0 Å². The highest BCUT2D eigenvalue weighted by molar-refractivity contribution is 6.39. The van der Waals surface area contributed by atoms with Crippen LogP contribution in [0, 0.1) is 0 Å². The Bertz CT molecular complexity index is 1790. The molecular weight excluding hydrogens is 624 g/mol. The van der Waals surface area contributed by atoms with Crippen molar-refractivity contribution in [2.45, 2.75) is 27.1 Å². The van der Waals surface area contributed by atoms with Crippen LogP contribution in [0.3, 0.4) is 0 Å². The third-order valence-electron chi connectivity index (χ3n) is 7.00. The lowest BCUT2D eigenvalue weighted by Gasteiger charge is -2.26. The SMILES string of the molecule is CCOc1ccc(N2C(=O)NC(=O)/C(=C\c3cc(Cl)c(OCc4ccc(OCc5ccccc5)c(OC)c4)c(OCC)c3)C2=O)cc1. The minimum atomic E-state index is -0.856. The Morgan fingerprint density at radius 2 is 1.47 bits per heavy atom. The molecule has 0 bridgehead atoms. The summed E-state index contributed by atoms with van der Waals surface area (Å²) < 4.78 is 28.9. The molecule has 0 spiro atoms. The van der Waals surface area contributed by atoms with Crippen LogP contribution in [0.5, 0.6) is 28.7 Å². The average molecular weight is 657 g/mol. The Balaban J connectivity index is 1.34. The van der Waals surface area contributed by atoms with Crippen LogP contribution in [0.4, 0.5) is 10.5 Å². The highest BCUT2D eigenvalue weighted by Gasteiger charge is 2.37. The lowest BCUT2D eigenvalue weighted by Crippen LogP contribution is -2.54. The molecule has 0 saturated carbocycles. The van der Waals surface area contributed by atoms with Crippen molar-refractivity contribution < 1.29 is 38.1 Å². The third kappa shape index (κ3) is 7.85. The van der Waals surface area contributed by atoms with E-state index in [2.05, 4.69) is 5.32 Å². The summed E-state index contributed by atoms with van der Waals surface area (Å²) in [4.78, 5) is 39.7. The van der Waals surface area contributed by atoms with Crippen LogP contribution in [-0.2, 0) is 22.8 Å². The summed E-state index contributed by atoms with van der Waals surface area (Å²) in [6, 6.07) is 24.0. The first-order valence-electron chi connectivity index (χ1n) is 14.9. The van der Waals surface area contributed by atoms with Crippen LogP contribution in [0.15, 0.2) is 90.5 Å². The van der Waals surface area contributed by atoms with E-state index in [1.54, 1.807) is 50.4 Å². The number of anilines is 1. The van der Waals surface area contributed by atoms with Gasteiger partial charge in [-0.2, -0.15) is 0 Å². The van der Waals surface area contributed by atoms with E-state index in [9.17, 15) is 14.4 Å². The van der Waals surface area contributed by atoms with Crippen LogP contribution in [-0.4, -0.2) is 38.2 Å². The number of barbiturate groups is 1. The van der Waals surface area contributed by atoms with Gasteiger partial charge < -0.3 is 23.7 Å². The molecule has 11 heteroatoms. The van der Waals surface area contributed by atoms with Gasteiger partial charge in [0.2, 0.25) is 0 Å². The number of amides is 4. The van der Waals surface area contributed by atoms with Crippen molar-refractivity contribution in [1.82, 2.24) is 5.32 Å². The molecule has 4 aromatic carbocycles. The van der Waals surface area contributed by atoms with Crippen molar-refractivity contribution in [3.05, 3.63) is 112 Å². The molecule has 1 N–H and O–H groups in total. The first-order valence-corrected chi connectivity index (χ1v) is 15.3. The van der Waals surface area contributed by atoms with Gasteiger partial charge in [0.25, 0.3) is 11.8 Å². The lowest BCUT2D eigenvalue weighted by molar-refractivity contribution is -0.122. The van der Waals surface area contributed by atoms with Crippen LogP contribution in [0.1, 0.15) is 30.5 Å². The maximum absolute atomic E-state index is 13.4. The highest BCUT2D eigenvalue weighted by atomic mass is 35.5. The Labute approximate surface area is 277 Å². The van der Waals surface area contributed by atoms with E-state index in [0.29, 0.717) is 48.4 Å². The van der Waals surface area contributed by atoms with Crippen molar-refractivity contribution in [2.24, 2.45) is 0 Å². The molecule has 0 aromatic heterocycles. The highest BCUT2D eigenvalue weighted by Crippen LogP contribution is 2.39. The molecule has 1 aliphatic rings. The predicted octanol–water partition coefficient (Wildman–Crippen LogP) is 6.97. The first-order chi connectivity index (χ1) is 22.8. The standard InChI is InChI=1S/C36H33ClN2O8/c1-4-44-27-14-12-26(13-15-27)39-35(41)28(34(40)38-36(39)42)17-25-18-29(37)33(32(20-25)45-5-2)47-22-24-11-16-30(31(19-24)43-3)46-21-23-9-7-6-8-10-23/h6-20H,4-5,21-22H2,1-3H3,(H,38,40,42)/b28-17+. The van der Waals surface area contributed by atoms with E-state index >= 15 is 0 Å². The van der Waals surface area contributed by atoms with E-state index in [-0.39, 0.29) is 28.6 Å². The van der Waals surface area contributed by atoms with Gasteiger partial charge in [-0.15, -0.1) is 0 Å². The van der Waals surface area contributed by atoms with Crippen LogP contribution in [0.25, 0.3) is 6.08 Å². The van der Waals surface area contributed by atoms with Crippen LogP contribution >= 0.6 is 11.6 Å². The molecule has 5 rings (SSSR count). The van der Waals surface area contributed by atoms with E-state index in [1.165, 1.54) is 6.08 Å². The molecule has 1 saturated heterocycles. The van der Waals surface area contributed by atoms with E-state index in [4.69, 9.17) is 35.3 Å². The number of carbonyl (C=O) groups is 3. The lowest BCUT2D eigenvalue weighted by atomic mass is 10.1. The van der Waals surface area contributed by atoms with Gasteiger partial charge in [0.1, 0.15) is 24.5 Å². The fourth-order valence-corrected chi connectivity index (χ4v) is 5.08.